The van der Waals surface area contributed by atoms with Gasteiger partial charge in [0.25, 0.3) is 0 Å². The second kappa shape index (κ2) is 4.59. The van der Waals surface area contributed by atoms with Gasteiger partial charge in [-0.1, -0.05) is 0 Å². The van der Waals surface area contributed by atoms with Crippen LogP contribution < -0.4 is 0 Å². The second-order valence-electron chi connectivity index (χ2n) is 1.58. The predicted octanol–water partition coefficient (Wildman–Crippen LogP) is 0.871. The molecule has 0 saturated carbocycles. The van der Waals surface area contributed by atoms with Crippen LogP contribution in [0, 0.1) is 0 Å². The van der Waals surface area contributed by atoms with Crippen molar-refractivity contribution in [3.05, 3.63) is 0 Å². The Morgan fingerprint density at radius 3 is 2.88 bits per heavy atom. The van der Waals surface area contributed by atoms with Crippen LogP contribution in [0.2, 0.25) is 0 Å². The molecule has 1 atom stereocenters. The number of ether oxygens (including phenoxy) is 1. The fraction of sp³-hybridized carbons (Fsp3) is 0.800. The average Bonchev–Trinajstić information content (AvgIpc) is 1.83. The summed E-state index contributed by atoms with van der Waals surface area (Å²) < 4.78 is 4.85. The lowest BCUT2D eigenvalue weighted by Crippen LogP contribution is -2.04. The van der Waals surface area contributed by atoms with Gasteiger partial charge in [-0.3, -0.25) is 0 Å². The van der Waals surface area contributed by atoms with E-state index in [1.165, 1.54) is 6.21 Å². The van der Waals surface area contributed by atoms with Crippen LogP contribution >= 0.6 is 0 Å². The maximum Gasteiger partial charge on any atom is 0.0593 e. The van der Waals surface area contributed by atoms with Crippen LogP contribution in [-0.2, 0) is 4.74 Å². The summed E-state index contributed by atoms with van der Waals surface area (Å²) in [7, 11) is 1.62. The van der Waals surface area contributed by atoms with Crippen molar-refractivity contribution >= 4 is 6.21 Å². The first-order chi connectivity index (χ1) is 3.81. The molecule has 0 aliphatic heterocycles. The molecule has 0 aliphatic carbocycles. The number of hydrogen-bond donors (Lipinski definition) is 1. The molecule has 0 radical (unpaired) electrons. The molecule has 0 rings (SSSR count). The van der Waals surface area contributed by atoms with E-state index in [2.05, 4.69) is 5.16 Å². The Kier molecular flexibility index (Phi) is 4.26. The highest BCUT2D eigenvalue weighted by Gasteiger charge is 1.92. The Bertz CT molecular complexity index is 72.8. The highest BCUT2D eigenvalue weighted by atomic mass is 16.5. The first kappa shape index (κ1) is 7.43. The van der Waals surface area contributed by atoms with Crippen molar-refractivity contribution in [1.29, 1.82) is 0 Å². The van der Waals surface area contributed by atoms with Gasteiger partial charge in [-0.25, -0.2) is 0 Å². The molecule has 48 valence electrons. The highest BCUT2D eigenvalue weighted by Crippen LogP contribution is 1.89. The minimum absolute atomic E-state index is 0.144. The summed E-state index contributed by atoms with van der Waals surface area (Å²) in [6, 6.07) is 0. The van der Waals surface area contributed by atoms with E-state index in [1.54, 1.807) is 7.11 Å². The first-order valence-electron chi connectivity index (χ1n) is 2.50. The molecule has 0 aromatic rings. The number of rotatable bonds is 3. The maximum atomic E-state index is 7.92. The summed E-state index contributed by atoms with van der Waals surface area (Å²) >= 11 is 0. The number of methoxy groups -OCH3 is 1. The standard InChI is InChI=1S/C5H11NO2/c1-5(8-2)3-4-6-7/h4-5,7H,3H2,1-2H3/b6-4-. The molecule has 0 spiro atoms. The Balaban J connectivity index is 3.10. The Labute approximate surface area is 49.0 Å². The predicted molar refractivity (Wildman–Crippen MR) is 31.4 cm³/mol. The van der Waals surface area contributed by atoms with Crippen LogP contribution in [-0.4, -0.2) is 24.6 Å². The molecular formula is C5H11NO2. The quantitative estimate of drug-likeness (QED) is 0.338. The van der Waals surface area contributed by atoms with Crippen molar-refractivity contribution < 1.29 is 9.94 Å². The monoisotopic (exact) mass is 117 g/mol. The van der Waals surface area contributed by atoms with Crippen LogP contribution in [0.3, 0.4) is 0 Å². The lowest BCUT2D eigenvalue weighted by atomic mass is 10.3. The zero-order valence-electron chi connectivity index (χ0n) is 5.16. The molecule has 0 aromatic heterocycles. The van der Waals surface area contributed by atoms with Gasteiger partial charge in [0.15, 0.2) is 0 Å². The third-order valence-electron chi connectivity index (χ3n) is 0.921. The third kappa shape index (κ3) is 3.61. The fourth-order valence-corrected chi connectivity index (χ4v) is 0.292. The Morgan fingerprint density at radius 1 is 1.88 bits per heavy atom. The molecule has 1 unspecified atom stereocenters. The van der Waals surface area contributed by atoms with Gasteiger partial charge in [0.2, 0.25) is 0 Å². The third-order valence-corrected chi connectivity index (χ3v) is 0.921. The van der Waals surface area contributed by atoms with E-state index >= 15 is 0 Å². The number of nitrogens with zero attached hydrogens (tertiary/aromatic N) is 1. The van der Waals surface area contributed by atoms with E-state index in [-0.39, 0.29) is 6.10 Å². The van der Waals surface area contributed by atoms with Crippen LogP contribution in [0.15, 0.2) is 5.16 Å². The molecular weight excluding hydrogens is 106 g/mol. The van der Waals surface area contributed by atoms with Crippen LogP contribution in [0.25, 0.3) is 0 Å². The van der Waals surface area contributed by atoms with Gasteiger partial charge >= 0.3 is 0 Å². The molecule has 0 amide bonds. The molecule has 0 fully saturated rings. The molecule has 0 bridgehead atoms. The zero-order valence-corrected chi connectivity index (χ0v) is 5.16. The molecule has 0 aliphatic rings. The molecule has 8 heavy (non-hydrogen) atoms. The van der Waals surface area contributed by atoms with Gasteiger partial charge in [0, 0.05) is 19.7 Å². The summed E-state index contributed by atoms with van der Waals surface area (Å²) in [6.45, 7) is 1.90. The van der Waals surface area contributed by atoms with Crippen molar-refractivity contribution in [1.82, 2.24) is 0 Å². The van der Waals surface area contributed by atoms with Gasteiger partial charge in [0.1, 0.15) is 0 Å². The minimum atomic E-state index is 0.144. The van der Waals surface area contributed by atoms with Gasteiger partial charge in [-0.2, -0.15) is 0 Å². The molecule has 1 N–H and O–H groups in total. The number of hydrogen-bond acceptors (Lipinski definition) is 3. The van der Waals surface area contributed by atoms with E-state index in [1.807, 2.05) is 6.92 Å². The summed E-state index contributed by atoms with van der Waals surface area (Å²) in [5.41, 5.74) is 0. The van der Waals surface area contributed by atoms with E-state index in [0.29, 0.717) is 6.42 Å². The van der Waals surface area contributed by atoms with Crippen molar-refractivity contribution in [3.8, 4) is 0 Å². The van der Waals surface area contributed by atoms with Gasteiger partial charge in [-0.05, 0) is 6.92 Å². The normalized spacial score (nSPS) is 14.8. The second-order valence-corrected chi connectivity index (χ2v) is 1.58. The SMILES string of the molecule is COC(C)C/C=N\O. The molecule has 0 saturated heterocycles. The van der Waals surface area contributed by atoms with E-state index in [4.69, 9.17) is 9.94 Å². The van der Waals surface area contributed by atoms with E-state index in [9.17, 15) is 0 Å². The molecule has 3 heteroatoms. The maximum absolute atomic E-state index is 7.92. The highest BCUT2D eigenvalue weighted by molar-refractivity contribution is 5.56. The molecule has 0 heterocycles. The fourth-order valence-electron chi connectivity index (χ4n) is 0.292. The first-order valence-corrected chi connectivity index (χ1v) is 2.50. The largest absolute Gasteiger partial charge is 0.411 e. The smallest absolute Gasteiger partial charge is 0.0593 e. The van der Waals surface area contributed by atoms with Crippen LogP contribution in [0.4, 0.5) is 0 Å². The van der Waals surface area contributed by atoms with Crippen molar-refractivity contribution in [2.45, 2.75) is 19.4 Å². The van der Waals surface area contributed by atoms with Gasteiger partial charge in [0.05, 0.1) is 6.10 Å². The Hall–Kier alpha value is -0.570. The molecule has 0 aromatic carbocycles. The minimum Gasteiger partial charge on any atom is -0.411 e. The molecule has 3 nitrogen and oxygen atoms in total. The van der Waals surface area contributed by atoms with Crippen molar-refractivity contribution in [2.75, 3.05) is 7.11 Å². The Morgan fingerprint density at radius 2 is 2.50 bits per heavy atom. The van der Waals surface area contributed by atoms with E-state index in [0.717, 1.165) is 0 Å². The van der Waals surface area contributed by atoms with Crippen LogP contribution in [0.5, 0.6) is 0 Å². The van der Waals surface area contributed by atoms with Gasteiger partial charge in [-0.15, -0.1) is 5.16 Å². The van der Waals surface area contributed by atoms with Crippen LogP contribution in [0.1, 0.15) is 13.3 Å². The lowest BCUT2D eigenvalue weighted by Gasteiger charge is -2.02. The van der Waals surface area contributed by atoms with Gasteiger partial charge < -0.3 is 9.94 Å². The average molecular weight is 117 g/mol. The number of oxime groups is 1. The summed E-state index contributed by atoms with van der Waals surface area (Å²) in [5, 5.41) is 10.7. The summed E-state index contributed by atoms with van der Waals surface area (Å²) in [4.78, 5) is 0. The van der Waals surface area contributed by atoms with Crippen molar-refractivity contribution in [2.24, 2.45) is 5.16 Å². The lowest BCUT2D eigenvalue weighted by molar-refractivity contribution is 0.124. The zero-order chi connectivity index (χ0) is 6.41. The van der Waals surface area contributed by atoms with Crippen molar-refractivity contribution in [3.63, 3.8) is 0 Å². The summed E-state index contributed by atoms with van der Waals surface area (Å²) in [6.07, 6.45) is 2.21. The van der Waals surface area contributed by atoms with E-state index < -0.39 is 0 Å². The topological polar surface area (TPSA) is 41.8 Å². The summed E-state index contributed by atoms with van der Waals surface area (Å²) in [5.74, 6) is 0.